The average Bonchev–Trinajstić information content (AvgIpc) is 2.67. The topological polar surface area (TPSA) is 122 Å². The molecule has 0 saturated carbocycles. The molecule has 0 heterocycles. The number of carbonyl (C=O) groups is 3. The first kappa shape index (κ1) is 24.0. The van der Waals surface area contributed by atoms with Gasteiger partial charge in [0.25, 0.3) is 0 Å². The molecular weight excluding hydrogens is 378 g/mol. The lowest BCUT2D eigenvalue weighted by Gasteiger charge is -2.23. The second kappa shape index (κ2) is 13.2. The second-order valence-corrected chi connectivity index (χ2v) is 7.36. The number of hydrogen-bond acceptors (Lipinski definition) is 5. The lowest BCUT2D eigenvalue weighted by Crippen LogP contribution is -2.53. The minimum Gasteiger partial charge on any atom is -0.480 e. The Morgan fingerprint density at radius 2 is 1.68 bits per heavy atom. The van der Waals surface area contributed by atoms with Gasteiger partial charge in [0.05, 0.1) is 5.25 Å². The summed E-state index contributed by atoms with van der Waals surface area (Å²) in [6.45, 7) is 2.43. The van der Waals surface area contributed by atoms with Gasteiger partial charge in [-0.3, -0.25) is 9.59 Å². The molecule has 1 aromatic carbocycles. The largest absolute Gasteiger partial charge is 0.480 e. The highest BCUT2D eigenvalue weighted by atomic mass is 32.1. The van der Waals surface area contributed by atoms with E-state index in [0.717, 1.165) is 12.0 Å². The van der Waals surface area contributed by atoms with Crippen LogP contribution in [0.15, 0.2) is 30.3 Å². The summed E-state index contributed by atoms with van der Waals surface area (Å²) in [5.41, 5.74) is 6.31. The number of benzene rings is 1. The van der Waals surface area contributed by atoms with E-state index in [2.05, 4.69) is 23.3 Å². The Hall–Kier alpha value is -2.06. The maximum absolute atomic E-state index is 12.7. The molecule has 0 aliphatic carbocycles. The number of nitrogens with two attached hydrogens (primary N) is 1. The van der Waals surface area contributed by atoms with Crippen molar-refractivity contribution in [2.24, 2.45) is 5.73 Å². The van der Waals surface area contributed by atoms with Gasteiger partial charge < -0.3 is 21.5 Å². The SMILES string of the molecule is CCCC(S)C(=O)N[C@@H](CCCCN)C(=O)N[C@@H](Cc1ccccc1)C(=O)O. The predicted octanol–water partition coefficient (Wildman–Crippen LogP) is 1.51. The number of thiol groups is 1. The standard InChI is InChI=1S/C20H31N3O4S/c1-2-8-17(28)19(25)22-15(11-6-7-12-21)18(24)23-16(20(26)27)13-14-9-4-3-5-10-14/h3-5,9-10,15-17,28H,2,6-8,11-13,21H2,1H3,(H,22,25)(H,23,24)(H,26,27)/t15-,16-,17?/m0/s1. The van der Waals surface area contributed by atoms with Crippen molar-refractivity contribution >= 4 is 30.4 Å². The van der Waals surface area contributed by atoms with Crippen molar-refractivity contribution in [2.45, 2.75) is 62.8 Å². The van der Waals surface area contributed by atoms with E-state index in [-0.39, 0.29) is 12.3 Å². The number of nitrogens with one attached hydrogen (secondary N) is 2. The zero-order valence-electron chi connectivity index (χ0n) is 16.3. The van der Waals surface area contributed by atoms with Gasteiger partial charge in [-0.15, -0.1) is 0 Å². The lowest BCUT2D eigenvalue weighted by molar-refractivity contribution is -0.142. The van der Waals surface area contributed by atoms with Gasteiger partial charge in [-0.05, 0) is 37.8 Å². The fraction of sp³-hybridized carbons (Fsp3) is 0.550. The van der Waals surface area contributed by atoms with Crippen LogP contribution in [-0.2, 0) is 20.8 Å². The first-order chi connectivity index (χ1) is 13.4. The predicted molar refractivity (Wildman–Crippen MR) is 112 cm³/mol. The molecule has 0 saturated heterocycles. The van der Waals surface area contributed by atoms with E-state index in [1.807, 2.05) is 25.1 Å². The molecule has 0 spiro atoms. The minimum absolute atomic E-state index is 0.163. The summed E-state index contributed by atoms with van der Waals surface area (Å²) in [6.07, 6.45) is 3.30. The number of amides is 2. The monoisotopic (exact) mass is 409 g/mol. The molecule has 0 aliphatic rings. The van der Waals surface area contributed by atoms with Crippen LogP contribution in [0.3, 0.4) is 0 Å². The van der Waals surface area contributed by atoms with E-state index in [0.29, 0.717) is 32.2 Å². The van der Waals surface area contributed by atoms with Crippen LogP contribution >= 0.6 is 12.6 Å². The molecule has 0 bridgehead atoms. The van der Waals surface area contributed by atoms with Gasteiger partial charge in [0, 0.05) is 6.42 Å². The number of rotatable bonds is 13. The summed E-state index contributed by atoms with van der Waals surface area (Å²) in [7, 11) is 0. The Morgan fingerprint density at radius 3 is 2.25 bits per heavy atom. The number of carboxylic acid groups (broad SMARTS) is 1. The van der Waals surface area contributed by atoms with Crippen molar-refractivity contribution in [1.82, 2.24) is 10.6 Å². The van der Waals surface area contributed by atoms with Gasteiger partial charge >= 0.3 is 5.97 Å². The molecule has 5 N–H and O–H groups in total. The lowest BCUT2D eigenvalue weighted by atomic mass is 10.0. The zero-order valence-corrected chi connectivity index (χ0v) is 17.2. The third kappa shape index (κ3) is 8.75. The number of carboxylic acids is 1. The molecule has 1 unspecified atom stereocenters. The van der Waals surface area contributed by atoms with Crippen molar-refractivity contribution in [1.29, 1.82) is 0 Å². The summed E-state index contributed by atoms with van der Waals surface area (Å²) in [6, 6.07) is 7.18. The van der Waals surface area contributed by atoms with Crippen LogP contribution in [0.5, 0.6) is 0 Å². The summed E-state index contributed by atoms with van der Waals surface area (Å²) in [5, 5.41) is 14.2. The Labute approximate surface area is 171 Å². The van der Waals surface area contributed by atoms with Crippen molar-refractivity contribution in [3.05, 3.63) is 35.9 Å². The molecule has 0 aromatic heterocycles. The molecule has 1 rings (SSSR count). The highest BCUT2D eigenvalue weighted by molar-refractivity contribution is 7.81. The van der Waals surface area contributed by atoms with E-state index in [1.165, 1.54) is 0 Å². The quantitative estimate of drug-likeness (QED) is 0.250. The Balaban J connectivity index is 2.80. The number of carbonyl (C=O) groups excluding carboxylic acids is 2. The molecule has 7 nitrogen and oxygen atoms in total. The normalized spacial score (nSPS) is 14.0. The molecule has 0 fully saturated rings. The fourth-order valence-electron chi connectivity index (χ4n) is 2.76. The van der Waals surface area contributed by atoms with Crippen LogP contribution < -0.4 is 16.4 Å². The van der Waals surface area contributed by atoms with Gasteiger partial charge in [0.1, 0.15) is 12.1 Å². The molecule has 0 radical (unpaired) electrons. The number of hydrogen-bond donors (Lipinski definition) is 5. The highest BCUT2D eigenvalue weighted by Crippen LogP contribution is 2.09. The number of aliphatic carboxylic acids is 1. The van der Waals surface area contributed by atoms with E-state index in [9.17, 15) is 19.5 Å². The van der Waals surface area contributed by atoms with E-state index in [1.54, 1.807) is 12.1 Å². The van der Waals surface area contributed by atoms with Crippen LogP contribution in [0.1, 0.15) is 44.6 Å². The Morgan fingerprint density at radius 1 is 1.04 bits per heavy atom. The van der Waals surface area contributed by atoms with E-state index >= 15 is 0 Å². The molecule has 0 aliphatic heterocycles. The van der Waals surface area contributed by atoms with E-state index < -0.39 is 29.2 Å². The van der Waals surface area contributed by atoms with Gasteiger partial charge in [0.2, 0.25) is 11.8 Å². The van der Waals surface area contributed by atoms with Crippen molar-refractivity contribution in [2.75, 3.05) is 6.54 Å². The van der Waals surface area contributed by atoms with Crippen molar-refractivity contribution in [3.63, 3.8) is 0 Å². The van der Waals surface area contributed by atoms with Crippen molar-refractivity contribution in [3.8, 4) is 0 Å². The first-order valence-corrected chi connectivity index (χ1v) is 10.2. The Kier molecular flexibility index (Phi) is 11.3. The zero-order chi connectivity index (χ0) is 20.9. The number of unbranched alkanes of at least 4 members (excludes halogenated alkanes) is 1. The molecule has 1 aromatic rings. The molecule has 28 heavy (non-hydrogen) atoms. The maximum Gasteiger partial charge on any atom is 0.326 e. The van der Waals surface area contributed by atoms with Crippen LogP contribution in [0.2, 0.25) is 0 Å². The minimum atomic E-state index is -1.12. The Bertz CT molecular complexity index is 627. The summed E-state index contributed by atoms with van der Waals surface area (Å²) < 4.78 is 0. The summed E-state index contributed by atoms with van der Waals surface area (Å²) in [4.78, 5) is 36.6. The third-order valence-electron chi connectivity index (χ3n) is 4.34. The molecule has 8 heteroatoms. The van der Waals surface area contributed by atoms with Gasteiger partial charge in [0.15, 0.2) is 0 Å². The molecule has 156 valence electrons. The highest BCUT2D eigenvalue weighted by Gasteiger charge is 2.27. The van der Waals surface area contributed by atoms with Crippen molar-refractivity contribution < 1.29 is 19.5 Å². The molecule has 3 atom stereocenters. The van der Waals surface area contributed by atoms with Gasteiger partial charge in [-0.2, -0.15) is 12.6 Å². The molecular formula is C20H31N3O4S. The van der Waals surface area contributed by atoms with Gasteiger partial charge in [-0.25, -0.2) is 4.79 Å². The van der Waals surface area contributed by atoms with Crippen LogP contribution in [0.4, 0.5) is 0 Å². The van der Waals surface area contributed by atoms with Crippen LogP contribution in [-0.4, -0.2) is 46.8 Å². The van der Waals surface area contributed by atoms with E-state index in [4.69, 9.17) is 5.73 Å². The fourth-order valence-corrected chi connectivity index (χ4v) is 3.09. The first-order valence-electron chi connectivity index (χ1n) is 9.64. The smallest absolute Gasteiger partial charge is 0.326 e. The summed E-state index contributed by atoms with van der Waals surface area (Å²) >= 11 is 4.27. The summed E-state index contributed by atoms with van der Waals surface area (Å²) in [5.74, 6) is -1.96. The van der Waals surface area contributed by atoms with Crippen LogP contribution in [0.25, 0.3) is 0 Å². The second-order valence-electron chi connectivity index (χ2n) is 6.74. The third-order valence-corrected chi connectivity index (χ3v) is 4.83. The van der Waals surface area contributed by atoms with Crippen LogP contribution in [0, 0.1) is 0 Å². The average molecular weight is 410 g/mol. The molecule has 2 amide bonds. The maximum atomic E-state index is 12.7. The van der Waals surface area contributed by atoms with Gasteiger partial charge in [-0.1, -0.05) is 43.7 Å².